The number of carbonyl (C=O) groups excluding carboxylic acids is 4. The van der Waals surface area contributed by atoms with Gasteiger partial charge in [0.1, 0.15) is 18.0 Å². The van der Waals surface area contributed by atoms with Crippen LogP contribution < -0.4 is 4.90 Å². The number of thioether (sulfide) groups is 2. The number of Topliss-reactive ketones (excluding diaryl/α,β-unsaturated/α-hetero) is 1. The van der Waals surface area contributed by atoms with Crippen molar-refractivity contribution in [2.45, 2.75) is 68.2 Å². The first-order valence-corrected chi connectivity index (χ1v) is 16.6. The molecule has 0 aliphatic carbocycles. The molecule has 4 aliphatic rings. The quantitative estimate of drug-likeness (QED) is 0.283. The number of aliphatic hydroxyl groups excluding tert-OH is 2. The number of aromatic hydroxyl groups is 1. The summed E-state index contributed by atoms with van der Waals surface area (Å²) in [5.74, 6) is -4.42. The van der Waals surface area contributed by atoms with Crippen molar-refractivity contribution in [2.24, 2.45) is 11.8 Å². The molecular weight excluding hydrogens is 608 g/mol. The monoisotopic (exact) mass is 644 g/mol. The Morgan fingerprint density at radius 3 is 2.50 bits per heavy atom. The maximum atomic E-state index is 14.8. The Bertz CT molecular complexity index is 1510. The van der Waals surface area contributed by atoms with Crippen molar-refractivity contribution in [3.05, 3.63) is 59.6 Å². The van der Waals surface area contributed by atoms with E-state index in [0.717, 1.165) is 23.5 Å². The van der Waals surface area contributed by atoms with Gasteiger partial charge in [-0.3, -0.25) is 24.1 Å². The number of amides is 2. The summed E-state index contributed by atoms with van der Waals surface area (Å²) in [6, 6.07) is 3.53. The molecule has 3 N–H and O–H groups in total. The smallest absolute Gasteiger partial charge is 0.311 e. The average Bonchev–Trinajstić information content (AvgIpc) is 3.43. The number of hydrogen-bond donors (Lipinski definition) is 3. The molecule has 0 unspecified atom stereocenters. The number of phenolic OH excluding ortho intramolecular Hbond substituents is 1. The number of rotatable bonds is 8. The van der Waals surface area contributed by atoms with Gasteiger partial charge in [-0.1, -0.05) is 25.1 Å². The van der Waals surface area contributed by atoms with Gasteiger partial charge >= 0.3 is 5.97 Å². The number of para-hydroxylation sites is 1. The van der Waals surface area contributed by atoms with Crippen LogP contribution in [0.4, 0.5) is 5.69 Å². The second-order valence-corrected chi connectivity index (χ2v) is 13.5. The van der Waals surface area contributed by atoms with Crippen LogP contribution in [0.3, 0.4) is 0 Å². The van der Waals surface area contributed by atoms with Gasteiger partial charge in [-0.05, 0) is 56.6 Å². The van der Waals surface area contributed by atoms with Crippen LogP contribution in [-0.2, 0) is 28.7 Å². The summed E-state index contributed by atoms with van der Waals surface area (Å²) >= 11 is 2.11. The minimum Gasteiger partial charge on any atom is -0.506 e. The predicted molar refractivity (Wildman–Crippen MR) is 165 cm³/mol. The van der Waals surface area contributed by atoms with Crippen LogP contribution in [0.5, 0.6) is 5.75 Å². The summed E-state index contributed by atoms with van der Waals surface area (Å²) in [6.07, 6.45) is 5.24. The van der Waals surface area contributed by atoms with Crippen LogP contribution in [0, 0.1) is 11.8 Å². The Morgan fingerprint density at radius 1 is 1.16 bits per heavy atom. The summed E-state index contributed by atoms with van der Waals surface area (Å²) in [7, 11) is 0. The van der Waals surface area contributed by atoms with E-state index >= 15 is 0 Å². The fraction of sp³-hybridized carbons (Fsp3) is 0.484. The third-order valence-electron chi connectivity index (χ3n) is 9.23. The van der Waals surface area contributed by atoms with Crippen LogP contribution in [0.15, 0.2) is 54.0 Å². The van der Waals surface area contributed by atoms with E-state index in [9.17, 15) is 34.5 Å². The highest BCUT2D eigenvalue weighted by Crippen LogP contribution is 2.62. The first kappa shape index (κ1) is 32.1. The number of benzene rings is 1. The third kappa shape index (κ3) is 4.34. The summed E-state index contributed by atoms with van der Waals surface area (Å²) in [5, 5.41) is 33.3. The fourth-order valence-corrected chi connectivity index (χ4v) is 8.55. The fourth-order valence-electron chi connectivity index (χ4n) is 6.60. The number of anilines is 1. The Kier molecular flexibility index (Phi) is 8.47. The van der Waals surface area contributed by atoms with E-state index in [1.54, 1.807) is 45.4 Å². The normalized spacial score (nSPS) is 31.1. The van der Waals surface area contributed by atoms with E-state index in [4.69, 9.17) is 9.47 Å². The van der Waals surface area contributed by atoms with Gasteiger partial charge in [-0.25, -0.2) is 0 Å². The van der Waals surface area contributed by atoms with Crippen molar-refractivity contribution in [2.75, 3.05) is 17.4 Å². The molecule has 2 amide bonds. The van der Waals surface area contributed by atoms with Gasteiger partial charge < -0.3 is 29.7 Å². The first-order chi connectivity index (χ1) is 20.8. The van der Waals surface area contributed by atoms with E-state index < -0.39 is 63.7 Å². The van der Waals surface area contributed by atoms with E-state index in [0.29, 0.717) is 11.1 Å². The van der Waals surface area contributed by atoms with Crippen molar-refractivity contribution in [1.29, 1.82) is 0 Å². The minimum absolute atomic E-state index is 0.0332. The molecule has 1 aromatic rings. The van der Waals surface area contributed by atoms with Gasteiger partial charge in [-0.15, -0.1) is 23.5 Å². The van der Waals surface area contributed by atoms with Crippen LogP contribution in [0.25, 0.3) is 0 Å². The molecule has 4 heterocycles. The molecule has 0 aromatic heterocycles. The van der Waals surface area contributed by atoms with E-state index in [1.165, 1.54) is 47.5 Å². The summed E-state index contributed by atoms with van der Waals surface area (Å²) in [4.78, 5) is 54.8. The molecule has 0 radical (unpaired) electrons. The zero-order chi connectivity index (χ0) is 32.3. The minimum atomic E-state index is -1.83. The molecule has 2 saturated heterocycles. The highest BCUT2D eigenvalue weighted by Gasteiger charge is 2.74. The Balaban J connectivity index is 1.53. The molecule has 11 nitrogen and oxygen atoms in total. The molecule has 2 fully saturated rings. The Labute approximate surface area is 263 Å². The van der Waals surface area contributed by atoms with Gasteiger partial charge in [-0.2, -0.15) is 0 Å². The van der Waals surface area contributed by atoms with Crippen LogP contribution in [-0.4, -0.2) is 84.3 Å². The van der Waals surface area contributed by atoms with Gasteiger partial charge in [0.25, 0.3) is 11.8 Å². The van der Waals surface area contributed by atoms with Crippen molar-refractivity contribution in [3.8, 4) is 5.75 Å². The maximum absolute atomic E-state index is 14.8. The lowest BCUT2D eigenvalue weighted by Gasteiger charge is -2.53. The summed E-state index contributed by atoms with van der Waals surface area (Å²) in [5.41, 5.74) is 1.31. The molecule has 1 aromatic carbocycles. The Hall–Kier alpha value is -3.26. The molecular formula is C31H36N2O9S2. The predicted octanol–water partition coefficient (Wildman–Crippen LogP) is 3.01. The van der Waals surface area contributed by atoms with Crippen LogP contribution in [0.2, 0.25) is 0 Å². The number of hydrogen-bond acceptors (Lipinski definition) is 11. The first-order valence-electron chi connectivity index (χ1n) is 14.2. The lowest BCUT2D eigenvalue weighted by atomic mass is 9.87. The van der Waals surface area contributed by atoms with Crippen LogP contribution >= 0.6 is 23.5 Å². The number of carbonyl (C=O) groups is 4. The van der Waals surface area contributed by atoms with E-state index in [2.05, 4.69) is 0 Å². The van der Waals surface area contributed by atoms with E-state index in [-0.39, 0.29) is 29.2 Å². The number of ether oxygens (including phenoxy) is 2. The van der Waals surface area contributed by atoms with Gasteiger partial charge in [0.2, 0.25) is 4.87 Å². The molecule has 0 spiro atoms. The number of fused-ring (bicyclic) bond motifs is 6. The van der Waals surface area contributed by atoms with E-state index in [1.807, 2.05) is 0 Å². The van der Waals surface area contributed by atoms with Crippen molar-refractivity contribution >= 4 is 52.8 Å². The number of phenols is 1. The van der Waals surface area contributed by atoms with Gasteiger partial charge in [0.15, 0.2) is 10.7 Å². The van der Waals surface area contributed by atoms with Crippen molar-refractivity contribution < 1.29 is 44.0 Å². The standard InChI is InChI=1S/C31H36N2O9S2/c1-7-15(2)24(35)16(3)25(36)17(4)27(38)42-21-11-12-41-14-18-13-30(43-5)28(39)33-23-19(9-8-10-20(23)34)26(37)31(33,44-6)29(40)32(30)22(18)21/h7-12,14,16-17,21-22,25-26,34,36-37H,13H2,1-6H3/b15-7+/t16-,17+,21-,22-,25+,26+,30+,31+/m0/s1. The topological polar surface area (TPSA) is 154 Å². The average molecular weight is 645 g/mol. The lowest BCUT2D eigenvalue weighted by molar-refractivity contribution is -0.163. The molecule has 5 rings (SSSR count). The molecule has 13 heteroatoms. The number of piperazine rings is 1. The largest absolute Gasteiger partial charge is 0.506 e. The Morgan fingerprint density at radius 2 is 1.86 bits per heavy atom. The SMILES string of the molecule is C/C=C(\C)C(=O)[C@H](C)[C@@H](O)[C@@H](C)C(=O)O[C@H]1C=COC=C2C[C@@]3(SC)C(=O)N4c5c(O)cccc5[C@@H](O)[C@@]4(SC)C(=O)N3[C@@H]21. The van der Waals surface area contributed by atoms with Crippen molar-refractivity contribution in [1.82, 2.24) is 4.90 Å². The highest BCUT2D eigenvalue weighted by atomic mass is 32.2. The second kappa shape index (κ2) is 11.6. The molecule has 236 valence electrons. The van der Waals surface area contributed by atoms with Crippen molar-refractivity contribution in [3.63, 3.8) is 0 Å². The van der Waals surface area contributed by atoms with Gasteiger partial charge in [0, 0.05) is 17.9 Å². The summed E-state index contributed by atoms with van der Waals surface area (Å²) < 4.78 is 11.5. The number of aliphatic hydroxyl groups is 2. The second-order valence-electron chi connectivity index (χ2n) is 11.4. The maximum Gasteiger partial charge on any atom is 0.311 e. The number of nitrogens with zero attached hydrogens (tertiary/aromatic N) is 2. The summed E-state index contributed by atoms with van der Waals surface area (Å²) in [6.45, 7) is 6.36. The number of allylic oxidation sites excluding steroid dienone is 2. The molecule has 8 atom stereocenters. The van der Waals surface area contributed by atoms with Gasteiger partial charge in [0.05, 0.1) is 36.3 Å². The van der Waals surface area contributed by atoms with Crippen LogP contribution in [0.1, 0.15) is 45.8 Å². The third-order valence-corrected chi connectivity index (χ3v) is 11.6. The molecule has 0 saturated carbocycles. The number of esters is 1. The highest BCUT2D eigenvalue weighted by molar-refractivity contribution is 8.01. The molecule has 4 aliphatic heterocycles. The molecule has 44 heavy (non-hydrogen) atoms. The zero-order valence-corrected chi connectivity index (χ0v) is 26.8. The lowest BCUT2D eigenvalue weighted by Crippen LogP contribution is -2.75. The zero-order valence-electron chi connectivity index (χ0n) is 25.2. The number of ketones is 1. The molecule has 0 bridgehead atoms.